The first-order valence-electron chi connectivity index (χ1n) is 12.1. The van der Waals surface area contributed by atoms with Crippen molar-refractivity contribution < 1.29 is 5.11 Å². The molecule has 0 heterocycles. The summed E-state index contributed by atoms with van der Waals surface area (Å²) in [4.78, 5) is 0. The zero-order valence-electron chi connectivity index (χ0n) is 20.1. The fourth-order valence-corrected chi connectivity index (χ4v) is 5.51. The van der Waals surface area contributed by atoms with Crippen molar-refractivity contribution in [1.82, 2.24) is 0 Å². The molecule has 1 atom stereocenters. The molecular weight excluding hydrogens is 400 g/mol. The Kier molecular flexibility index (Phi) is 5.68. The Labute approximate surface area is 197 Å². The summed E-state index contributed by atoms with van der Waals surface area (Å²) in [5.41, 5.74) is 10.5. The summed E-state index contributed by atoms with van der Waals surface area (Å²) < 4.78 is 0. The minimum atomic E-state index is -0.446. The molecule has 1 nitrogen and oxygen atoms in total. The summed E-state index contributed by atoms with van der Waals surface area (Å²) in [6, 6.07) is 21.9. The fourth-order valence-electron chi connectivity index (χ4n) is 5.51. The van der Waals surface area contributed by atoms with Gasteiger partial charge < -0.3 is 5.11 Å². The van der Waals surface area contributed by atoms with Crippen molar-refractivity contribution in [2.75, 3.05) is 0 Å². The van der Waals surface area contributed by atoms with Gasteiger partial charge in [-0.2, -0.15) is 0 Å². The number of aliphatic hydroxyl groups excluding tert-OH is 1. The first-order chi connectivity index (χ1) is 16.0. The van der Waals surface area contributed by atoms with Crippen LogP contribution in [0.5, 0.6) is 0 Å². The van der Waals surface area contributed by atoms with Gasteiger partial charge in [0.1, 0.15) is 6.10 Å². The third-order valence-electron chi connectivity index (χ3n) is 7.19. The smallest absolute Gasteiger partial charge is 0.101 e. The van der Waals surface area contributed by atoms with E-state index in [1.54, 1.807) is 0 Å². The number of rotatable bonds is 2. The fraction of sp³-hybridized carbons (Fsp3) is 0.250. The molecule has 2 aliphatic rings. The highest BCUT2D eigenvalue weighted by molar-refractivity contribution is 5.98. The molecule has 4 aromatic carbocycles. The second kappa shape index (κ2) is 8.65. The van der Waals surface area contributed by atoms with Gasteiger partial charge in [-0.25, -0.2) is 0 Å². The van der Waals surface area contributed by atoms with Crippen LogP contribution in [0.2, 0.25) is 0 Å². The van der Waals surface area contributed by atoms with Crippen molar-refractivity contribution in [3.05, 3.63) is 105 Å². The van der Waals surface area contributed by atoms with E-state index in [-0.39, 0.29) is 0 Å². The third kappa shape index (κ3) is 3.71. The van der Waals surface area contributed by atoms with Gasteiger partial charge in [-0.1, -0.05) is 92.2 Å². The van der Waals surface area contributed by atoms with Gasteiger partial charge >= 0.3 is 0 Å². The first-order valence-corrected chi connectivity index (χ1v) is 12.1. The SMILES string of the molecule is CCc1ccc2c3c(cccc13)C(O)C(C)=C2.CCc1ccc2c3c(cccc13)CC(C)=C2. The Bertz CT molecular complexity index is 1430. The molecule has 0 saturated carbocycles. The van der Waals surface area contributed by atoms with Crippen LogP contribution < -0.4 is 0 Å². The number of hydrogen-bond acceptors (Lipinski definition) is 1. The molecule has 2 aliphatic carbocycles. The Balaban J connectivity index is 0.000000139. The molecule has 1 unspecified atom stereocenters. The van der Waals surface area contributed by atoms with Crippen molar-refractivity contribution in [2.45, 2.75) is 53.1 Å². The van der Waals surface area contributed by atoms with Gasteiger partial charge in [0, 0.05) is 0 Å². The molecule has 4 aromatic rings. The van der Waals surface area contributed by atoms with Crippen LogP contribution in [-0.4, -0.2) is 5.11 Å². The minimum Gasteiger partial charge on any atom is -0.384 e. The lowest BCUT2D eigenvalue weighted by Gasteiger charge is -2.22. The Hall–Kier alpha value is -3.16. The van der Waals surface area contributed by atoms with Crippen LogP contribution in [0.15, 0.2) is 71.8 Å². The largest absolute Gasteiger partial charge is 0.384 e. The maximum atomic E-state index is 10.2. The lowest BCUT2D eigenvalue weighted by Crippen LogP contribution is -2.05. The molecule has 6 rings (SSSR count). The van der Waals surface area contributed by atoms with Crippen LogP contribution in [0.1, 0.15) is 67.2 Å². The molecule has 0 fully saturated rings. The second-order valence-electron chi connectivity index (χ2n) is 9.40. The topological polar surface area (TPSA) is 20.2 Å². The maximum Gasteiger partial charge on any atom is 0.101 e. The maximum absolute atomic E-state index is 10.2. The average molecular weight is 433 g/mol. The monoisotopic (exact) mass is 432 g/mol. The van der Waals surface area contributed by atoms with Crippen LogP contribution in [-0.2, 0) is 19.3 Å². The predicted molar refractivity (Wildman–Crippen MR) is 143 cm³/mol. The zero-order chi connectivity index (χ0) is 23.1. The van der Waals surface area contributed by atoms with Gasteiger partial charge in [0.2, 0.25) is 0 Å². The summed E-state index contributed by atoms with van der Waals surface area (Å²) in [5, 5.41) is 15.7. The molecule has 0 spiro atoms. The molecule has 0 aliphatic heterocycles. The summed E-state index contributed by atoms with van der Waals surface area (Å²) in [6.07, 6.45) is 7.23. The van der Waals surface area contributed by atoms with E-state index in [4.69, 9.17) is 0 Å². The number of aryl methyl sites for hydroxylation is 2. The number of benzene rings is 4. The molecule has 166 valence electrons. The van der Waals surface area contributed by atoms with E-state index in [9.17, 15) is 5.11 Å². The van der Waals surface area contributed by atoms with Gasteiger partial charge in [-0.05, 0) is 93.6 Å². The number of allylic oxidation sites excluding steroid dienone is 1. The van der Waals surface area contributed by atoms with Gasteiger partial charge in [0.25, 0.3) is 0 Å². The Morgan fingerprint density at radius 3 is 2.00 bits per heavy atom. The van der Waals surface area contributed by atoms with Crippen LogP contribution in [0, 0.1) is 0 Å². The van der Waals surface area contributed by atoms with Gasteiger partial charge in [0.15, 0.2) is 0 Å². The van der Waals surface area contributed by atoms with E-state index >= 15 is 0 Å². The summed E-state index contributed by atoms with van der Waals surface area (Å²) in [7, 11) is 0. The normalized spacial score (nSPS) is 16.2. The quantitative estimate of drug-likeness (QED) is 0.338. The summed E-state index contributed by atoms with van der Waals surface area (Å²) in [6.45, 7) is 8.61. The Morgan fingerprint density at radius 2 is 1.33 bits per heavy atom. The van der Waals surface area contributed by atoms with Crippen molar-refractivity contribution in [2.24, 2.45) is 0 Å². The molecule has 0 bridgehead atoms. The van der Waals surface area contributed by atoms with Gasteiger partial charge in [0.05, 0.1) is 0 Å². The predicted octanol–water partition coefficient (Wildman–Crippen LogP) is 8.21. The molecule has 1 heteroatoms. The van der Waals surface area contributed by atoms with Crippen LogP contribution in [0.25, 0.3) is 33.7 Å². The van der Waals surface area contributed by atoms with Gasteiger partial charge in [-0.3, -0.25) is 0 Å². The first kappa shape index (κ1) is 21.7. The van der Waals surface area contributed by atoms with Gasteiger partial charge in [-0.15, -0.1) is 0 Å². The lowest BCUT2D eigenvalue weighted by molar-refractivity contribution is 0.218. The molecule has 0 aromatic heterocycles. The van der Waals surface area contributed by atoms with E-state index in [0.29, 0.717) is 0 Å². The van der Waals surface area contributed by atoms with E-state index in [0.717, 1.165) is 30.4 Å². The molecule has 0 amide bonds. The standard InChI is InChI=1S/C16H16O.C16H16/c1-3-11-7-8-12-9-10(2)16(17)14-6-4-5-13(11)15(12)14;1-3-12-7-8-14-10-11(2)9-13-5-4-6-15(12)16(13)14/h4-9,16-17H,3H2,1-2H3;4-8,10H,3,9H2,1-2H3. The molecule has 33 heavy (non-hydrogen) atoms. The van der Waals surface area contributed by atoms with E-state index in [1.165, 1.54) is 54.9 Å². The highest BCUT2D eigenvalue weighted by atomic mass is 16.3. The van der Waals surface area contributed by atoms with E-state index < -0.39 is 6.10 Å². The molecule has 0 saturated heterocycles. The van der Waals surface area contributed by atoms with Crippen molar-refractivity contribution in [3.63, 3.8) is 0 Å². The van der Waals surface area contributed by atoms with Crippen LogP contribution in [0.4, 0.5) is 0 Å². The molecule has 1 N–H and O–H groups in total. The number of hydrogen-bond donors (Lipinski definition) is 1. The summed E-state index contributed by atoms with van der Waals surface area (Å²) in [5.74, 6) is 0. The Morgan fingerprint density at radius 1 is 0.727 bits per heavy atom. The molecule has 0 radical (unpaired) electrons. The third-order valence-corrected chi connectivity index (χ3v) is 7.19. The lowest BCUT2D eigenvalue weighted by atomic mass is 9.85. The average Bonchev–Trinajstić information content (AvgIpc) is 2.83. The minimum absolute atomic E-state index is 0.446. The highest BCUT2D eigenvalue weighted by Gasteiger charge is 2.20. The van der Waals surface area contributed by atoms with E-state index in [2.05, 4.69) is 81.5 Å². The van der Waals surface area contributed by atoms with Crippen LogP contribution >= 0.6 is 0 Å². The zero-order valence-corrected chi connectivity index (χ0v) is 20.1. The van der Waals surface area contributed by atoms with Crippen molar-refractivity contribution in [1.29, 1.82) is 0 Å². The van der Waals surface area contributed by atoms with E-state index in [1.807, 2.05) is 19.1 Å². The highest BCUT2D eigenvalue weighted by Crippen LogP contribution is 2.38. The van der Waals surface area contributed by atoms with Crippen molar-refractivity contribution >= 4 is 33.7 Å². The molecular formula is C32H32O. The second-order valence-corrected chi connectivity index (χ2v) is 9.40. The summed E-state index contributed by atoms with van der Waals surface area (Å²) >= 11 is 0. The van der Waals surface area contributed by atoms with Crippen molar-refractivity contribution in [3.8, 4) is 0 Å². The van der Waals surface area contributed by atoms with Crippen LogP contribution in [0.3, 0.4) is 0 Å². The number of aliphatic hydroxyl groups is 1.